The summed E-state index contributed by atoms with van der Waals surface area (Å²) in [5, 5.41) is 18.3. The minimum absolute atomic E-state index is 0.00523. The van der Waals surface area contributed by atoms with Crippen molar-refractivity contribution in [2.45, 2.75) is 51.9 Å². The molecule has 0 bridgehead atoms. The van der Waals surface area contributed by atoms with Gasteiger partial charge in [0.05, 0.1) is 6.04 Å². The highest BCUT2D eigenvalue weighted by Crippen LogP contribution is 2.22. The maximum Gasteiger partial charge on any atom is 0.225 e. The zero-order valence-corrected chi connectivity index (χ0v) is 9.52. The molecule has 4 heteroatoms. The predicted octanol–water partition coefficient (Wildman–Crippen LogP) is 0.724. The Hall–Kier alpha value is -0.610. The second-order valence-electron chi connectivity index (χ2n) is 4.34. The second-order valence-corrected chi connectivity index (χ2v) is 4.34. The third kappa shape index (κ3) is 2.92. The molecular formula is C11H21NO3. The molecule has 2 N–H and O–H groups in total. The smallest absolute Gasteiger partial charge is 0.225 e. The number of hydrogen-bond acceptors (Lipinski definition) is 3. The summed E-state index contributed by atoms with van der Waals surface area (Å²) in [6.07, 6.45) is 2.01. The van der Waals surface area contributed by atoms with E-state index in [0.29, 0.717) is 13.0 Å². The van der Waals surface area contributed by atoms with Crippen LogP contribution in [-0.2, 0) is 4.79 Å². The molecule has 1 saturated heterocycles. The maximum absolute atomic E-state index is 12.0. The van der Waals surface area contributed by atoms with Crippen molar-refractivity contribution in [3.63, 3.8) is 0 Å². The minimum Gasteiger partial charge on any atom is -0.366 e. The van der Waals surface area contributed by atoms with Gasteiger partial charge in [0.2, 0.25) is 5.91 Å². The van der Waals surface area contributed by atoms with Crippen molar-refractivity contribution >= 4 is 5.91 Å². The van der Waals surface area contributed by atoms with Crippen molar-refractivity contribution < 1.29 is 15.0 Å². The Morgan fingerprint density at radius 2 is 2.20 bits per heavy atom. The molecule has 0 saturated carbocycles. The number of rotatable bonds is 4. The van der Waals surface area contributed by atoms with Crippen molar-refractivity contribution in [2.24, 2.45) is 5.92 Å². The average Bonchev–Trinajstić information content (AvgIpc) is 2.65. The van der Waals surface area contributed by atoms with Crippen LogP contribution in [-0.4, -0.2) is 39.9 Å². The average molecular weight is 215 g/mol. The molecule has 0 spiro atoms. The van der Waals surface area contributed by atoms with Crippen LogP contribution in [0.15, 0.2) is 0 Å². The quantitative estimate of drug-likeness (QED) is 0.679. The molecule has 0 aromatic rings. The summed E-state index contributed by atoms with van der Waals surface area (Å²) in [5.41, 5.74) is 0. The van der Waals surface area contributed by atoms with E-state index >= 15 is 0 Å². The van der Waals surface area contributed by atoms with Crippen LogP contribution in [0.2, 0.25) is 0 Å². The molecule has 1 fully saturated rings. The Labute approximate surface area is 90.9 Å². The Kier molecular flexibility index (Phi) is 4.54. The highest BCUT2D eigenvalue weighted by Gasteiger charge is 2.34. The van der Waals surface area contributed by atoms with Crippen LogP contribution >= 0.6 is 0 Å². The summed E-state index contributed by atoms with van der Waals surface area (Å²) >= 11 is 0. The van der Waals surface area contributed by atoms with Crippen molar-refractivity contribution in [3.8, 4) is 0 Å². The number of amides is 1. The summed E-state index contributed by atoms with van der Waals surface area (Å²) in [5.74, 6) is 0.0572. The molecule has 4 nitrogen and oxygen atoms in total. The highest BCUT2D eigenvalue weighted by molar-refractivity contribution is 5.79. The van der Waals surface area contributed by atoms with E-state index in [4.69, 9.17) is 10.2 Å². The molecule has 2 atom stereocenters. The Morgan fingerprint density at radius 1 is 1.53 bits per heavy atom. The molecule has 15 heavy (non-hydrogen) atoms. The summed E-state index contributed by atoms with van der Waals surface area (Å²) in [7, 11) is 0. The third-order valence-electron chi connectivity index (χ3n) is 3.07. The molecule has 1 aliphatic heterocycles. The van der Waals surface area contributed by atoms with Crippen molar-refractivity contribution in [3.05, 3.63) is 0 Å². The number of carbonyl (C=O) groups is 1. The van der Waals surface area contributed by atoms with Crippen molar-refractivity contribution in [2.75, 3.05) is 6.54 Å². The number of hydrogen-bond donors (Lipinski definition) is 2. The first-order chi connectivity index (χ1) is 7.07. The molecule has 0 aliphatic carbocycles. The fraction of sp³-hybridized carbons (Fsp3) is 0.909. The molecule has 1 aliphatic rings. The number of likely N-dealkylation sites (tertiary alicyclic amines) is 1. The van der Waals surface area contributed by atoms with Gasteiger partial charge in [0.25, 0.3) is 0 Å². The molecule has 0 unspecified atom stereocenters. The largest absolute Gasteiger partial charge is 0.366 e. The van der Waals surface area contributed by atoms with E-state index < -0.39 is 12.3 Å². The van der Waals surface area contributed by atoms with Crippen LogP contribution in [0, 0.1) is 5.92 Å². The predicted molar refractivity (Wildman–Crippen MR) is 57.0 cm³/mol. The molecule has 0 aromatic carbocycles. The third-order valence-corrected chi connectivity index (χ3v) is 3.07. The molecule has 0 aromatic heterocycles. The lowest BCUT2D eigenvalue weighted by atomic mass is 10.0. The van der Waals surface area contributed by atoms with Crippen LogP contribution in [0.5, 0.6) is 0 Å². The van der Waals surface area contributed by atoms with Gasteiger partial charge in [-0.1, -0.05) is 20.3 Å². The molecule has 0 radical (unpaired) electrons. The lowest BCUT2D eigenvalue weighted by Crippen LogP contribution is -2.44. The van der Waals surface area contributed by atoms with Crippen molar-refractivity contribution in [1.29, 1.82) is 0 Å². The van der Waals surface area contributed by atoms with Gasteiger partial charge < -0.3 is 15.1 Å². The van der Waals surface area contributed by atoms with Gasteiger partial charge in [0.15, 0.2) is 6.29 Å². The summed E-state index contributed by atoms with van der Waals surface area (Å²) < 4.78 is 0. The fourth-order valence-electron chi connectivity index (χ4n) is 2.22. The molecule has 1 rings (SSSR count). The van der Waals surface area contributed by atoms with Gasteiger partial charge in [-0.15, -0.1) is 0 Å². The fourth-order valence-corrected chi connectivity index (χ4v) is 2.22. The van der Waals surface area contributed by atoms with Gasteiger partial charge in [0.1, 0.15) is 0 Å². The van der Waals surface area contributed by atoms with E-state index in [1.54, 1.807) is 4.90 Å². The van der Waals surface area contributed by atoms with Gasteiger partial charge in [-0.3, -0.25) is 4.79 Å². The molecule has 88 valence electrons. The van der Waals surface area contributed by atoms with Crippen LogP contribution in [0.3, 0.4) is 0 Å². The first kappa shape index (κ1) is 12.5. The summed E-state index contributed by atoms with van der Waals surface area (Å²) in [6.45, 7) is 4.62. The van der Waals surface area contributed by atoms with E-state index in [2.05, 4.69) is 0 Å². The maximum atomic E-state index is 12.0. The highest BCUT2D eigenvalue weighted by atomic mass is 16.5. The number of aliphatic hydroxyl groups is 2. The monoisotopic (exact) mass is 215 g/mol. The van der Waals surface area contributed by atoms with Gasteiger partial charge in [-0.25, -0.2) is 0 Å². The lowest BCUT2D eigenvalue weighted by molar-refractivity contribution is -0.146. The van der Waals surface area contributed by atoms with Crippen LogP contribution in [0.25, 0.3) is 0 Å². The number of nitrogens with zero attached hydrogens (tertiary/aromatic N) is 1. The molecular weight excluding hydrogens is 194 g/mol. The summed E-state index contributed by atoms with van der Waals surface area (Å²) in [4.78, 5) is 13.6. The van der Waals surface area contributed by atoms with Crippen molar-refractivity contribution in [1.82, 2.24) is 4.90 Å². The van der Waals surface area contributed by atoms with Gasteiger partial charge >= 0.3 is 0 Å². The van der Waals surface area contributed by atoms with E-state index in [1.807, 2.05) is 13.8 Å². The second kappa shape index (κ2) is 5.47. The minimum atomic E-state index is -1.40. The molecule has 1 amide bonds. The van der Waals surface area contributed by atoms with E-state index in [1.165, 1.54) is 0 Å². The van der Waals surface area contributed by atoms with E-state index in [9.17, 15) is 4.79 Å². The zero-order valence-electron chi connectivity index (χ0n) is 9.52. The van der Waals surface area contributed by atoms with Crippen LogP contribution < -0.4 is 0 Å². The number of aliphatic hydroxyl groups excluding tert-OH is 1. The zero-order chi connectivity index (χ0) is 11.4. The van der Waals surface area contributed by atoms with Crippen LogP contribution in [0.4, 0.5) is 0 Å². The number of carbonyl (C=O) groups excluding carboxylic acids is 1. The first-order valence-electron chi connectivity index (χ1n) is 5.74. The Morgan fingerprint density at radius 3 is 2.73 bits per heavy atom. The Bertz CT molecular complexity index is 218. The SMILES string of the molecule is CCC[C@H](C)C(=O)N1CCC[C@H]1C(O)O. The van der Waals surface area contributed by atoms with E-state index in [0.717, 1.165) is 19.3 Å². The lowest BCUT2D eigenvalue weighted by Gasteiger charge is -2.28. The van der Waals surface area contributed by atoms with Crippen LogP contribution in [0.1, 0.15) is 39.5 Å². The first-order valence-corrected chi connectivity index (χ1v) is 5.74. The van der Waals surface area contributed by atoms with Gasteiger partial charge in [0, 0.05) is 12.5 Å². The van der Waals surface area contributed by atoms with Gasteiger partial charge in [-0.2, -0.15) is 0 Å². The standard InChI is InChI=1S/C11H21NO3/c1-3-5-8(2)10(13)12-7-4-6-9(12)11(14)15/h8-9,11,14-15H,3-7H2,1-2H3/t8-,9-/m0/s1. The van der Waals surface area contributed by atoms with E-state index in [-0.39, 0.29) is 11.8 Å². The molecule has 1 heterocycles. The Balaban J connectivity index is 2.58. The summed E-state index contributed by atoms with van der Waals surface area (Å²) in [6, 6.07) is -0.392. The normalized spacial score (nSPS) is 23.5. The van der Waals surface area contributed by atoms with Gasteiger partial charge in [-0.05, 0) is 19.3 Å². The topological polar surface area (TPSA) is 60.8 Å².